The predicted octanol–water partition coefficient (Wildman–Crippen LogP) is 4.53. The van der Waals surface area contributed by atoms with Gasteiger partial charge in [-0.15, -0.1) is 0 Å². The zero-order valence-electron chi connectivity index (χ0n) is 21.3. The van der Waals surface area contributed by atoms with E-state index in [4.69, 9.17) is 31.2 Å². The molecule has 37 heavy (non-hydrogen) atoms. The van der Waals surface area contributed by atoms with Gasteiger partial charge in [-0.05, 0) is 61.3 Å². The van der Waals surface area contributed by atoms with Crippen LogP contribution in [0.4, 0.5) is 0 Å². The first-order valence-corrected chi connectivity index (χ1v) is 13.2. The van der Waals surface area contributed by atoms with E-state index in [2.05, 4.69) is 15.2 Å². The first kappa shape index (κ1) is 25.2. The number of hydrogen-bond acceptors (Lipinski definition) is 6. The molecule has 0 amide bonds. The highest BCUT2D eigenvalue weighted by Crippen LogP contribution is 2.35. The van der Waals surface area contributed by atoms with Crippen LogP contribution in [0, 0.1) is 0 Å². The molecule has 1 aromatic heterocycles. The van der Waals surface area contributed by atoms with Gasteiger partial charge in [-0.3, -0.25) is 4.79 Å². The van der Waals surface area contributed by atoms with Gasteiger partial charge in [0.1, 0.15) is 0 Å². The third-order valence-corrected chi connectivity index (χ3v) is 7.55. The SMILES string of the molecule is COc1ccc(CCNC(=S)N(Cc2cc3cc4c(cc3[nH]c2=O)OCO4)C2CCCCC2)cc1OC. The lowest BCUT2D eigenvalue weighted by Crippen LogP contribution is -2.47. The van der Waals surface area contributed by atoms with Crippen LogP contribution in [0.15, 0.2) is 41.2 Å². The number of ether oxygens (including phenoxy) is 4. The molecule has 2 aromatic carbocycles. The predicted molar refractivity (Wildman–Crippen MR) is 147 cm³/mol. The first-order chi connectivity index (χ1) is 18.1. The number of nitrogens with zero attached hydrogens (tertiary/aromatic N) is 1. The van der Waals surface area contributed by atoms with Crippen molar-refractivity contribution in [1.29, 1.82) is 0 Å². The maximum atomic E-state index is 13.0. The Morgan fingerprint density at radius 3 is 2.57 bits per heavy atom. The smallest absolute Gasteiger partial charge is 0.253 e. The highest BCUT2D eigenvalue weighted by Gasteiger charge is 2.25. The number of aromatic amines is 1. The second-order valence-corrected chi connectivity index (χ2v) is 9.89. The van der Waals surface area contributed by atoms with Crippen molar-refractivity contribution in [1.82, 2.24) is 15.2 Å². The summed E-state index contributed by atoms with van der Waals surface area (Å²) in [5.74, 6) is 2.77. The third kappa shape index (κ3) is 5.61. The van der Waals surface area contributed by atoms with E-state index in [-0.39, 0.29) is 12.4 Å². The molecule has 0 saturated heterocycles. The summed E-state index contributed by atoms with van der Waals surface area (Å²) in [7, 11) is 3.27. The normalized spacial score (nSPS) is 15.0. The van der Waals surface area contributed by atoms with Gasteiger partial charge in [-0.25, -0.2) is 0 Å². The molecule has 0 bridgehead atoms. The van der Waals surface area contributed by atoms with Crippen LogP contribution in [0.2, 0.25) is 0 Å². The van der Waals surface area contributed by atoms with Crippen LogP contribution in [0.5, 0.6) is 23.0 Å². The van der Waals surface area contributed by atoms with Crippen molar-refractivity contribution in [2.75, 3.05) is 27.6 Å². The second-order valence-electron chi connectivity index (χ2n) is 9.51. The molecule has 0 spiro atoms. The number of benzene rings is 2. The van der Waals surface area contributed by atoms with Crippen molar-refractivity contribution in [3.8, 4) is 23.0 Å². The summed E-state index contributed by atoms with van der Waals surface area (Å²) < 4.78 is 21.7. The fraction of sp³-hybridized carbons (Fsp3) is 0.429. The van der Waals surface area contributed by atoms with E-state index in [0.717, 1.165) is 35.7 Å². The summed E-state index contributed by atoms with van der Waals surface area (Å²) in [5.41, 5.74) is 2.43. The Bertz CT molecular complexity index is 1340. The summed E-state index contributed by atoms with van der Waals surface area (Å²) in [6.07, 6.45) is 6.51. The molecular weight excluding hydrogens is 490 g/mol. The van der Waals surface area contributed by atoms with E-state index in [0.29, 0.717) is 52.8 Å². The van der Waals surface area contributed by atoms with E-state index in [9.17, 15) is 4.79 Å². The summed E-state index contributed by atoms with van der Waals surface area (Å²) in [4.78, 5) is 18.3. The Morgan fingerprint density at radius 1 is 1.05 bits per heavy atom. The molecule has 196 valence electrons. The average Bonchev–Trinajstić information content (AvgIpc) is 3.38. The minimum absolute atomic E-state index is 0.111. The Morgan fingerprint density at radius 2 is 1.81 bits per heavy atom. The van der Waals surface area contributed by atoms with Gasteiger partial charge in [0.25, 0.3) is 5.56 Å². The van der Waals surface area contributed by atoms with E-state index in [1.165, 1.54) is 19.3 Å². The van der Waals surface area contributed by atoms with Gasteiger partial charge in [0.05, 0.1) is 26.3 Å². The molecule has 5 rings (SSSR count). The number of H-pyrrole nitrogens is 1. The standard InChI is InChI=1S/C28H33N3O5S/c1-33-23-9-8-18(12-24(23)34-2)10-11-29-28(37)31(21-6-4-3-5-7-21)16-20-13-19-14-25-26(36-17-35-25)15-22(19)30-27(20)32/h8-9,12-15,21H,3-7,10-11,16-17H2,1-2H3,(H,29,37)(H,30,32). The highest BCUT2D eigenvalue weighted by molar-refractivity contribution is 7.80. The minimum atomic E-state index is -0.111. The molecule has 8 nitrogen and oxygen atoms in total. The maximum absolute atomic E-state index is 13.0. The number of thiocarbonyl (C=S) groups is 1. The highest BCUT2D eigenvalue weighted by atomic mass is 32.1. The molecule has 1 aliphatic carbocycles. The van der Waals surface area contributed by atoms with Gasteiger partial charge in [0, 0.05) is 29.6 Å². The average molecular weight is 524 g/mol. The maximum Gasteiger partial charge on any atom is 0.253 e. The Balaban J connectivity index is 1.32. The third-order valence-electron chi connectivity index (χ3n) is 7.17. The molecule has 1 fully saturated rings. The lowest BCUT2D eigenvalue weighted by Gasteiger charge is -2.36. The van der Waals surface area contributed by atoms with E-state index in [1.54, 1.807) is 14.2 Å². The summed E-state index contributed by atoms with van der Waals surface area (Å²) in [6.45, 7) is 1.32. The van der Waals surface area contributed by atoms with Crippen LogP contribution < -0.4 is 29.8 Å². The van der Waals surface area contributed by atoms with Crippen LogP contribution in [0.1, 0.15) is 43.2 Å². The van der Waals surface area contributed by atoms with Crippen LogP contribution in [-0.4, -0.2) is 48.6 Å². The molecule has 2 N–H and O–H groups in total. The number of rotatable bonds is 8. The summed E-state index contributed by atoms with van der Waals surface area (Å²) in [6, 6.07) is 11.9. The molecule has 1 aliphatic heterocycles. The fourth-order valence-corrected chi connectivity index (χ4v) is 5.47. The first-order valence-electron chi connectivity index (χ1n) is 12.8. The molecule has 9 heteroatoms. The lowest BCUT2D eigenvalue weighted by atomic mass is 9.94. The number of nitrogens with one attached hydrogen (secondary N) is 2. The fourth-order valence-electron chi connectivity index (χ4n) is 5.15. The summed E-state index contributed by atoms with van der Waals surface area (Å²) >= 11 is 5.88. The summed E-state index contributed by atoms with van der Waals surface area (Å²) in [5, 5.41) is 5.03. The van der Waals surface area contributed by atoms with Crippen molar-refractivity contribution in [2.24, 2.45) is 0 Å². The van der Waals surface area contributed by atoms with Crippen LogP contribution in [0.3, 0.4) is 0 Å². The molecule has 0 unspecified atom stereocenters. The second kappa shape index (κ2) is 11.3. The van der Waals surface area contributed by atoms with Gasteiger partial charge >= 0.3 is 0 Å². The molecule has 2 aliphatic rings. The van der Waals surface area contributed by atoms with Crippen LogP contribution >= 0.6 is 12.2 Å². The van der Waals surface area contributed by atoms with Crippen LogP contribution in [-0.2, 0) is 13.0 Å². The topological polar surface area (TPSA) is 85.1 Å². The van der Waals surface area contributed by atoms with Crippen molar-refractivity contribution in [3.63, 3.8) is 0 Å². The number of methoxy groups -OCH3 is 2. The van der Waals surface area contributed by atoms with Crippen molar-refractivity contribution < 1.29 is 18.9 Å². The molecule has 1 saturated carbocycles. The van der Waals surface area contributed by atoms with Gasteiger partial charge in [-0.1, -0.05) is 25.3 Å². The zero-order valence-corrected chi connectivity index (χ0v) is 22.1. The van der Waals surface area contributed by atoms with Crippen molar-refractivity contribution in [2.45, 2.75) is 51.1 Å². The monoisotopic (exact) mass is 523 g/mol. The number of aromatic nitrogens is 1. The number of hydrogen-bond donors (Lipinski definition) is 2. The van der Waals surface area contributed by atoms with Gasteiger partial charge in [0.15, 0.2) is 28.1 Å². The van der Waals surface area contributed by atoms with Gasteiger partial charge < -0.3 is 34.1 Å². The zero-order chi connectivity index (χ0) is 25.8. The van der Waals surface area contributed by atoms with Gasteiger partial charge in [-0.2, -0.15) is 0 Å². The molecule has 0 radical (unpaired) electrons. The number of pyridine rings is 1. The number of fused-ring (bicyclic) bond motifs is 2. The molecule has 0 atom stereocenters. The lowest BCUT2D eigenvalue weighted by molar-refractivity contribution is 0.174. The van der Waals surface area contributed by atoms with Crippen molar-refractivity contribution >= 4 is 28.2 Å². The van der Waals surface area contributed by atoms with Crippen LogP contribution in [0.25, 0.3) is 10.9 Å². The quantitative estimate of drug-likeness (QED) is 0.417. The molecule has 3 aromatic rings. The largest absolute Gasteiger partial charge is 0.493 e. The molecular formula is C28H33N3O5S. The van der Waals surface area contributed by atoms with E-state index >= 15 is 0 Å². The van der Waals surface area contributed by atoms with E-state index < -0.39 is 0 Å². The van der Waals surface area contributed by atoms with E-state index in [1.807, 2.05) is 36.4 Å². The Hall–Kier alpha value is -3.46. The Labute approximate surface area is 221 Å². The molecule has 2 heterocycles. The Kier molecular flexibility index (Phi) is 7.69. The minimum Gasteiger partial charge on any atom is -0.493 e. The van der Waals surface area contributed by atoms with Gasteiger partial charge in [0.2, 0.25) is 6.79 Å². The van der Waals surface area contributed by atoms with Crippen molar-refractivity contribution in [3.05, 3.63) is 57.9 Å².